The topological polar surface area (TPSA) is 105 Å². The molecule has 38 heavy (non-hydrogen) atoms. The van der Waals surface area contributed by atoms with Crippen LogP contribution in [0.1, 0.15) is 89.0 Å². The number of nitrogens with one attached hydrogen (secondary N) is 2. The summed E-state index contributed by atoms with van der Waals surface area (Å²) in [7, 11) is 0. The number of amides is 2. The predicted molar refractivity (Wildman–Crippen MR) is 146 cm³/mol. The second-order valence-electron chi connectivity index (χ2n) is 11.7. The predicted octanol–water partition coefficient (Wildman–Crippen LogP) is 4.38. The van der Waals surface area contributed by atoms with Gasteiger partial charge in [0, 0.05) is 6.42 Å². The molecule has 1 aromatic rings. The first kappa shape index (κ1) is 28.3. The van der Waals surface area contributed by atoms with Crippen molar-refractivity contribution in [2.24, 2.45) is 11.8 Å². The highest BCUT2D eigenvalue weighted by Gasteiger charge is 2.40. The number of cyclic esters (lactones) is 1. The van der Waals surface area contributed by atoms with Gasteiger partial charge >= 0.3 is 5.97 Å². The lowest BCUT2D eigenvalue weighted by Gasteiger charge is -2.33. The maximum Gasteiger partial charge on any atom is 0.309 e. The number of carbonyl (C=O) groups excluding carboxylic acids is 3. The largest absolute Gasteiger partial charge is 0.463 e. The first-order chi connectivity index (χ1) is 18.4. The Morgan fingerprint density at radius 2 is 1.68 bits per heavy atom. The van der Waals surface area contributed by atoms with Crippen LogP contribution in [0.25, 0.3) is 0 Å². The van der Waals surface area contributed by atoms with Crippen LogP contribution < -0.4 is 10.6 Å². The molecule has 2 fully saturated rings. The lowest BCUT2D eigenvalue weighted by Crippen LogP contribution is -2.53. The van der Waals surface area contributed by atoms with Gasteiger partial charge in [0.05, 0.1) is 29.5 Å². The standard InChI is InChI=1S/C31H44N2O5/c34-22-30(16-8-9-17-30)32-27(35)21-25-14-6-1-2-7-15-26(20-24-12-4-3-5-13-24)29(37)38-23-31(33-28(25)36)18-10-11-19-31/h1,3-6,12-13,25-26,34H,2,7-11,14-23H2,(H,32,35)(H,33,36). The lowest BCUT2D eigenvalue weighted by molar-refractivity contribution is -0.152. The Kier molecular flexibility index (Phi) is 10.0. The number of allylic oxidation sites excluding steroid dienone is 2. The van der Waals surface area contributed by atoms with Crippen molar-refractivity contribution < 1.29 is 24.2 Å². The summed E-state index contributed by atoms with van der Waals surface area (Å²) in [6, 6.07) is 10.0. The molecule has 2 atom stereocenters. The monoisotopic (exact) mass is 524 g/mol. The van der Waals surface area contributed by atoms with Crippen molar-refractivity contribution in [1.82, 2.24) is 10.6 Å². The smallest absolute Gasteiger partial charge is 0.309 e. The highest BCUT2D eigenvalue weighted by molar-refractivity contribution is 5.86. The van der Waals surface area contributed by atoms with E-state index in [1.165, 1.54) is 0 Å². The van der Waals surface area contributed by atoms with Crippen molar-refractivity contribution >= 4 is 17.8 Å². The van der Waals surface area contributed by atoms with Gasteiger partial charge < -0.3 is 20.5 Å². The van der Waals surface area contributed by atoms with E-state index in [9.17, 15) is 19.5 Å². The SMILES string of the molecule is O=C(CC1CC=CCCCC(Cc2ccccc2)C(=O)OCC2(CCCC2)NC1=O)NC1(CO)CCCC1. The Bertz CT molecular complexity index is 964. The molecule has 3 N–H and O–H groups in total. The van der Waals surface area contributed by atoms with Crippen LogP contribution in [0.3, 0.4) is 0 Å². The maximum absolute atomic E-state index is 13.5. The summed E-state index contributed by atoms with van der Waals surface area (Å²) >= 11 is 0. The number of esters is 1. The van der Waals surface area contributed by atoms with Crippen LogP contribution in [-0.4, -0.2) is 47.2 Å². The van der Waals surface area contributed by atoms with Crippen molar-refractivity contribution in [3.05, 3.63) is 48.0 Å². The molecule has 7 heteroatoms. The maximum atomic E-state index is 13.5. The van der Waals surface area contributed by atoms with Crippen LogP contribution in [0.4, 0.5) is 0 Å². The van der Waals surface area contributed by atoms with Gasteiger partial charge in [0.15, 0.2) is 0 Å². The van der Waals surface area contributed by atoms with Gasteiger partial charge in [-0.15, -0.1) is 0 Å². The van der Waals surface area contributed by atoms with Crippen LogP contribution >= 0.6 is 0 Å². The number of benzene rings is 1. The molecule has 1 aromatic carbocycles. The molecule has 1 aliphatic heterocycles. The van der Waals surface area contributed by atoms with E-state index in [0.29, 0.717) is 12.8 Å². The van der Waals surface area contributed by atoms with E-state index >= 15 is 0 Å². The molecule has 0 aromatic heterocycles. The van der Waals surface area contributed by atoms with E-state index in [4.69, 9.17) is 4.74 Å². The Hall–Kier alpha value is -2.67. The van der Waals surface area contributed by atoms with Crippen molar-refractivity contribution in [3.8, 4) is 0 Å². The summed E-state index contributed by atoms with van der Waals surface area (Å²) in [4.78, 5) is 39.8. The van der Waals surface area contributed by atoms with Crippen molar-refractivity contribution in [1.29, 1.82) is 0 Å². The molecule has 0 saturated heterocycles. The van der Waals surface area contributed by atoms with Crippen LogP contribution in [0, 0.1) is 11.8 Å². The van der Waals surface area contributed by atoms with E-state index < -0.39 is 17.0 Å². The fourth-order valence-corrected chi connectivity index (χ4v) is 6.34. The quantitative estimate of drug-likeness (QED) is 0.379. The number of hydrogen-bond acceptors (Lipinski definition) is 5. The van der Waals surface area contributed by atoms with Gasteiger partial charge in [-0.3, -0.25) is 14.4 Å². The normalized spacial score (nSPS) is 25.9. The summed E-state index contributed by atoms with van der Waals surface area (Å²) in [6.45, 7) is 0.0977. The van der Waals surface area contributed by atoms with Crippen LogP contribution in [0.2, 0.25) is 0 Å². The first-order valence-electron chi connectivity index (χ1n) is 14.5. The molecule has 2 amide bonds. The molecule has 7 nitrogen and oxygen atoms in total. The summed E-state index contributed by atoms with van der Waals surface area (Å²) < 4.78 is 5.91. The number of carbonyl (C=O) groups is 3. The number of aliphatic hydroxyl groups is 1. The van der Waals surface area contributed by atoms with Gasteiger partial charge in [-0.1, -0.05) is 68.2 Å². The zero-order valence-corrected chi connectivity index (χ0v) is 22.6. The summed E-state index contributed by atoms with van der Waals surface area (Å²) in [5, 5.41) is 16.2. The van der Waals surface area contributed by atoms with Gasteiger partial charge in [0.2, 0.25) is 11.8 Å². The lowest BCUT2D eigenvalue weighted by atomic mass is 9.91. The molecule has 2 unspecified atom stereocenters. The second-order valence-corrected chi connectivity index (χ2v) is 11.7. The molecule has 0 bridgehead atoms. The molecule has 1 spiro atoms. The van der Waals surface area contributed by atoms with Crippen LogP contribution in [-0.2, 0) is 25.5 Å². The third kappa shape index (κ3) is 7.68. The van der Waals surface area contributed by atoms with E-state index in [1.807, 2.05) is 36.4 Å². The first-order valence-corrected chi connectivity index (χ1v) is 14.5. The van der Waals surface area contributed by atoms with Gasteiger partial charge in [0.1, 0.15) is 6.61 Å². The van der Waals surface area contributed by atoms with Crippen molar-refractivity contribution in [2.45, 2.75) is 101 Å². The van der Waals surface area contributed by atoms with Crippen molar-refractivity contribution in [2.75, 3.05) is 13.2 Å². The molecular weight excluding hydrogens is 480 g/mol. The molecular formula is C31H44N2O5. The van der Waals surface area contributed by atoms with Gasteiger partial charge in [0.25, 0.3) is 0 Å². The second kappa shape index (κ2) is 13.4. The fourth-order valence-electron chi connectivity index (χ4n) is 6.34. The summed E-state index contributed by atoms with van der Waals surface area (Å²) in [5.41, 5.74) is -0.0105. The molecule has 208 valence electrons. The van der Waals surface area contributed by atoms with Crippen LogP contribution in [0.5, 0.6) is 0 Å². The van der Waals surface area contributed by atoms with E-state index in [1.54, 1.807) is 0 Å². The average molecular weight is 525 g/mol. The molecule has 1 heterocycles. The van der Waals surface area contributed by atoms with Gasteiger partial charge in [-0.2, -0.15) is 0 Å². The summed E-state index contributed by atoms with van der Waals surface area (Å²) in [6.07, 6.45) is 14.6. The van der Waals surface area contributed by atoms with Crippen molar-refractivity contribution in [3.63, 3.8) is 0 Å². The van der Waals surface area contributed by atoms with E-state index in [0.717, 1.165) is 76.2 Å². The zero-order chi connectivity index (χ0) is 26.8. The van der Waals surface area contributed by atoms with E-state index in [2.05, 4.69) is 16.7 Å². The molecule has 3 aliphatic rings. The minimum Gasteiger partial charge on any atom is -0.463 e. The average Bonchev–Trinajstić information content (AvgIpc) is 3.58. The Morgan fingerprint density at radius 1 is 0.974 bits per heavy atom. The highest BCUT2D eigenvalue weighted by atomic mass is 16.5. The molecule has 0 radical (unpaired) electrons. The number of aliphatic hydroxyl groups excluding tert-OH is 1. The molecule has 4 rings (SSSR count). The van der Waals surface area contributed by atoms with Gasteiger partial charge in [-0.05, 0) is 63.4 Å². The number of ether oxygens (including phenoxy) is 1. The number of rotatable bonds is 6. The Labute approximate surface area is 226 Å². The highest BCUT2D eigenvalue weighted by Crippen LogP contribution is 2.32. The Balaban J connectivity index is 1.46. The van der Waals surface area contributed by atoms with Gasteiger partial charge in [-0.25, -0.2) is 0 Å². The molecule has 2 aliphatic carbocycles. The third-order valence-electron chi connectivity index (χ3n) is 8.68. The van der Waals surface area contributed by atoms with E-state index in [-0.39, 0.29) is 43.3 Å². The zero-order valence-electron chi connectivity index (χ0n) is 22.6. The summed E-state index contributed by atoms with van der Waals surface area (Å²) in [5.74, 6) is -1.27. The minimum atomic E-state index is -0.579. The van der Waals surface area contributed by atoms with Crippen LogP contribution in [0.15, 0.2) is 42.5 Å². The molecule has 2 saturated carbocycles. The Morgan fingerprint density at radius 3 is 2.39 bits per heavy atom. The fraction of sp³-hybridized carbons (Fsp3) is 0.645. The number of hydrogen-bond donors (Lipinski definition) is 3. The third-order valence-corrected chi connectivity index (χ3v) is 8.68. The minimum absolute atomic E-state index is 0.0742.